The third kappa shape index (κ3) is 3.85. The van der Waals surface area contributed by atoms with Crippen LogP contribution in [0.2, 0.25) is 0 Å². The van der Waals surface area contributed by atoms with Crippen LogP contribution in [0.1, 0.15) is 32.1 Å². The molecule has 0 aromatic heterocycles. The molecule has 1 atom stereocenters. The Morgan fingerprint density at radius 1 is 1.39 bits per heavy atom. The van der Waals surface area contributed by atoms with Crippen molar-refractivity contribution in [1.82, 2.24) is 10.6 Å². The van der Waals surface area contributed by atoms with Crippen LogP contribution in [-0.2, 0) is 4.74 Å². The van der Waals surface area contributed by atoms with Gasteiger partial charge in [0.25, 0.3) is 0 Å². The number of aliphatic imine (C=N–C) groups is 1. The van der Waals surface area contributed by atoms with E-state index in [1.165, 1.54) is 0 Å². The van der Waals surface area contributed by atoms with Gasteiger partial charge in [-0.3, -0.25) is 4.99 Å². The van der Waals surface area contributed by atoms with E-state index in [9.17, 15) is 5.11 Å². The molecule has 0 bridgehead atoms. The molecule has 18 heavy (non-hydrogen) atoms. The van der Waals surface area contributed by atoms with Crippen molar-refractivity contribution < 1.29 is 9.84 Å². The molecule has 0 radical (unpaired) electrons. The molecular weight excluding hydrogens is 230 g/mol. The summed E-state index contributed by atoms with van der Waals surface area (Å²) in [5.41, 5.74) is -0.534. The molecule has 0 aromatic rings. The van der Waals surface area contributed by atoms with Crippen molar-refractivity contribution in [2.75, 3.05) is 33.4 Å². The number of nitrogens with one attached hydrogen (secondary N) is 2. The molecule has 104 valence electrons. The van der Waals surface area contributed by atoms with E-state index in [1.54, 1.807) is 7.05 Å². The van der Waals surface area contributed by atoms with E-state index in [-0.39, 0.29) is 0 Å². The van der Waals surface area contributed by atoms with Gasteiger partial charge in [0, 0.05) is 32.7 Å². The minimum atomic E-state index is -0.534. The van der Waals surface area contributed by atoms with Crippen molar-refractivity contribution in [3.8, 4) is 0 Å². The standard InChI is InChI=1S/C13H25N3O2/c1-14-12(15-8-11-4-7-18-9-11)16-10-13(17)5-2-3-6-13/h11,17H,2-10H2,1H3,(H2,14,15,16). The summed E-state index contributed by atoms with van der Waals surface area (Å²) >= 11 is 0. The largest absolute Gasteiger partial charge is 0.388 e. The van der Waals surface area contributed by atoms with Gasteiger partial charge in [0.05, 0.1) is 12.2 Å². The van der Waals surface area contributed by atoms with Gasteiger partial charge in [-0.15, -0.1) is 0 Å². The number of hydrogen-bond acceptors (Lipinski definition) is 3. The smallest absolute Gasteiger partial charge is 0.191 e. The second kappa shape index (κ2) is 6.38. The highest BCUT2D eigenvalue weighted by Gasteiger charge is 2.31. The van der Waals surface area contributed by atoms with Crippen LogP contribution in [0.15, 0.2) is 4.99 Å². The Hall–Kier alpha value is -0.810. The predicted octanol–water partition coefficient (Wildman–Crippen LogP) is 0.493. The summed E-state index contributed by atoms with van der Waals surface area (Å²) in [5, 5.41) is 16.8. The molecule has 1 aliphatic heterocycles. The Bertz CT molecular complexity index is 282. The molecule has 1 heterocycles. The Kier molecular flexibility index (Phi) is 4.83. The predicted molar refractivity (Wildman–Crippen MR) is 71.7 cm³/mol. The van der Waals surface area contributed by atoms with Crippen LogP contribution in [0.25, 0.3) is 0 Å². The summed E-state index contributed by atoms with van der Waals surface area (Å²) in [5.74, 6) is 1.36. The van der Waals surface area contributed by atoms with Gasteiger partial charge in [-0.25, -0.2) is 0 Å². The molecule has 1 saturated carbocycles. The maximum atomic E-state index is 10.3. The van der Waals surface area contributed by atoms with Crippen LogP contribution < -0.4 is 10.6 Å². The maximum absolute atomic E-state index is 10.3. The second-order valence-corrected chi connectivity index (χ2v) is 5.47. The fraction of sp³-hybridized carbons (Fsp3) is 0.923. The quantitative estimate of drug-likeness (QED) is 0.505. The van der Waals surface area contributed by atoms with E-state index in [0.717, 1.165) is 57.8 Å². The molecule has 1 unspecified atom stereocenters. The number of ether oxygens (including phenoxy) is 1. The first-order chi connectivity index (χ1) is 8.72. The molecule has 1 aliphatic carbocycles. The maximum Gasteiger partial charge on any atom is 0.191 e. The molecule has 0 aromatic carbocycles. The highest BCUT2D eigenvalue weighted by Crippen LogP contribution is 2.28. The van der Waals surface area contributed by atoms with Gasteiger partial charge in [-0.2, -0.15) is 0 Å². The molecule has 2 rings (SSSR count). The van der Waals surface area contributed by atoms with Crippen LogP contribution in [-0.4, -0.2) is 50.0 Å². The summed E-state index contributed by atoms with van der Waals surface area (Å²) in [4.78, 5) is 4.18. The van der Waals surface area contributed by atoms with Crippen molar-refractivity contribution in [2.24, 2.45) is 10.9 Å². The Morgan fingerprint density at radius 3 is 2.78 bits per heavy atom. The average molecular weight is 255 g/mol. The Labute approximate surface area is 109 Å². The molecule has 1 saturated heterocycles. The second-order valence-electron chi connectivity index (χ2n) is 5.47. The molecule has 2 aliphatic rings. The number of hydrogen-bond donors (Lipinski definition) is 3. The lowest BCUT2D eigenvalue weighted by Crippen LogP contribution is -2.47. The van der Waals surface area contributed by atoms with E-state index < -0.39 is 5.60 Å². The van der Waals surface area contributed by atoms with Crippen molar-refractivity contribution in [1.29, 1.82) is 0 Å². The molecule has 2 fully saturated rings. The first kappa shape index (κ1) is 13.6. The third-order valence-electron chi connectivity index (χ3n) is 3.92. The minimum Gasteiger partial charge on any atom is -0.388 e. The van der Waals surface area contributed by atoms with Crippen LogP contribution in [0.5, 0.6) is 0 Å². The summed E-state index contributed by atoms with van der Waals surface area (Å²) in [6, 6.07) is 0. The minimum absolute atomic E-state index is 0.534. The Morgan fingerprint density at radius 2 is 2.17 bits per heavy atom. The SMILES string of the molecule is CN=C(NCC1CCOC1)NCC1(O)CCCC1. The fourth-order valence-corrected chi connectivity index (χ4v) is 2.66. The molecule has 0 amide bonds. The summed E-state index contributed by atoms with van der Waals surface area (Å²) < 4.78 is 5.34. The Balaban J connectivity index is 1.68. The van der Waals surface area contributed by atoms with Gasteiger partial charge in [-0.1, -0.05) is 12.8 Å². The van der Waals surface area contributed by atoms with E-state index >= 15 is 0 Å². The van der Waals surface area contributed by atoms with Crippen LogP contribution in [0.4, 0.5) is 0 Å². The zero-order valence-corrected chi connectivity index (χ0v) is 11.2. The lowest BCUT2D eigenvalue weighted by molar-refractivity contribution is 0.0521. The monoisotopic (exact) mass is 255 g/mol. The molecular formula is C13H25N3O2. The first-order valence-corrected chi connectivity index (χ1v) is 6.96. The zero-order chi connectivity index (χ0) is 12.8. The van der Waals surface area contributed by atoms with Crippen molar-refractivity contribution in [2.45, 2.75) is 37.7 Å². The third-order valence-corrected chi connectivity index (χ3v) is 3.92. The van der Waals surface area contributed by atoms with Gasteiger partial charge >= 0.3 is 0 Å². The average Bonchev–Trinajstić information content (AvgIpc) is 3.01. The van der Waals surface area contributed by atoms with E-state index in [1.807, 2.05) is 0 Å². The van der Waals surface area contributed by atoms with Crippen LogP contribution in [0.3, 0.4) is 0 Å². The number of rotatable bonds is 4. The number of aliphatic hydroxyl groups is 1. The van der Waals surface area contributed by atoms with Crippen molar-refractivity contribution in [3.05, 3.63) is 0 Å². The van der Waals surface area contributed by atoms with Gasteiger partial charge < -0.3 is 20.5 Å². The van der Waals surface area contributed by atoms with Crippen molar-refractivity contribution in [3.63, 3.8) is 0 Å². The lowest BCUT2D eigenvalue weighted by atomic mass is 10.0. The van der Waals surface area contributed by atoms with Gasteiger partial charge in [0.2, 0.25) is 0 Å². The van der Waals surface area contributed by atoms with Gasteiger partial charge in [0.1, 0.15) is 0 Å². The van der Waals surface area contributed by atoms with E-state index in [0.29, 0.717) is 12.5 Å². The number of nitrogens with zero attached hydrogens (tertiary/aromatic N) is 1. The molecule has 5 nitrogen and oxygen atoms in total. The summed E-state index contributed by atoms with van der Waals surface area (Å²) in [6.07, 6.45) is 5.17. The lowest BCUT2D eigenvalue weighted by Gasteiger charge is -2.24. The molecule has 0 spiro atoms. The molecule has 3 N–H and O–H groups in total. The number of guanidine groups is 1. The van der Waals surface area contributed by atoms with E-state index in [2.05, 4.69) is 15.6 Å². The first-order valence-electron chi connectivity index (χ1n) is 6.96. The van der Waals surface area contributed by atoms with Crippen LogP contribution in [0, 0.1) is 5.92 Å². The summed E-state index contributed by atoms with van der Waals surface area (Å²) in [7, 11) is 1.76. The topological polar surface area (TPSA) is 65.9 Å². The highest BCUT2D eigenvalue weighted by atomic mass is 16.5. The van der Waals surface area contributed by atoms with E-state index in [4.69, 9.17) is 4.74 Å². The molecule has 5 heteroatoms. The fourth-order valence-electron chi connectivity index (χ4n) is 2.66. The van der Waals surface area contributed by atoms with Gasteiger partial charge in [0.15, 0.2) is 5.96 Å². The normalized spacial score (nSPS) is 27.4. The summed E-state index contributed by atoms with van der Waals surface area (Å²) in [6.45, 7) is 3.19. The van der Waals surface area contributed by atoms with Crippen molar-refractivity contribution >= 4 is 5.96 Å². The highest BCUT2D eigenvalue weighted by molar-refractivity contribution is 5.79. The zero-order valence-electron chi connectivity index (χ0n) is 11.2. The van der Waals surface area contributed by atoms with Crippen LogP contribution >= 0.6 is 0 Å². The van der Waals surface area contributed by atoms with Gasteiger partial charge in [-0.05, 0) is 19.3 Å².